The second-order valence-corrected chi connectivity index (χ2v) is 14.4. The minimum absolute atomic E-state index is 0.883. The second-order valence-electron chi connectivity index (χ2n) is 14.4. The molecule has 0 radical (unpaired) electrons. The summed E-state index contributed by atoms with van der Waals surface area (Å²) in [5, 5.41) is 7.22. The Morgan fingerprint density at radius 1 is 0.304 bits per heavy atom. The number of hydrogen-bond donors (Lipinski definition) is 0. The number of rotatable bonds is 6. The lowest BCUT2D eigenvalue weighted by molar-refractivity contribution is 0.487. The molecule has 0 atom stereocenters. The number of benzene rings is 10. The van der Waals surface area contributed by atoms with Crippen LogP contribution in [-0.2, 0) is 0 Å². The zero-order valence-electron chi connectivity index (χ0n) is 30.6. The van der Waals surface area contributed by atoms with E-state index in [9.17, 15) is 0 Å². The van der Waals surface area contributed by atoms with Gasteiger partial charge in [-0.15, -0.1) is 0 Å². The third-order valence-corrected chi connectivity index (χ3v) is 11.2. The molecule has 10 aromatic carbocycles. The fourth-order valence-corrected chi connectivity index (χ4v) is 8.71. The van der Waals surface area contributed by atoms with Gasteiger partial charge < -0.3 is 9.64 Å². The standard InChI is InChI=1S/C54H35NO/c1-3-22-42-36(15-1)17-12-27-44(42)38-19-11-21-41(34-38)55(51-30-9-6-25-47(51)46-28-13-18-37-16-2-4-23-43(37)46)50-29-8-5-24-45(50)40-33-39-20-14-32-53-54(39)49(35-40)48-26-7-10-31-52(48)56-53/h1-35H. The Bertz CT molecular complexity index is 3130. The zero-order chi connectivity index (χ0) is 37.0. The molecule has 0 fully saturated rings. The maximum absolute atomic E-state index is 6.42. The normalized spacial score (nSPS) is 11.7. The van der Waals surface area contributed by atoms with Crippen molar-refractivity contribution in [2.75, 3.05) is 4.90 Å². The molecule has 10 aromatic rings. The number of ether oxygens (including phenoxy) is 1. The van der Waals surface area contributed by atoms with Gasteiger partial charge in [0.1, 0.15) is 11.5 Å². The lowest BCUT2D eigenvalue weighted by atomic mass is 9.90. The molecule has 0 unspecified atom stereocenters. The molecule has 56 heavy (non-hydrogen) atoms. The SMILES string of the molecule is c1cc(-c2cccc3ccccc23)cc(N(c2ccccc2-c2cc3c4c(cccc4c2)Oc2ccccc2-3)c2ccccc2-c2cccc3ccccc23)c1. The molecule has 1 aliphatic heterocycles. The highest BCUT2D eigenvalue weighted by molar-refractivity contribution is 6.08. The van der Waals surface area contributed by atoms with Crippen molar-refractivity contribution in [2.24, 2.45) is 0 Å². The van der Waals surface area contributed by atoms with E-state index in [0.717, 1.165) is 56.0 Å². The van der Waals surface area contributed by atoms with Crippen molar-refractivity contribution < 1.29 is 4.74 Å². The predicted molar refractivity (Wildman–Crippen MR) is 235 cm³/mol. The number of anilines is 3. The van der Waals surface area contributed by atoms with E-state index < -0.39 is 0 Å². The molecular weight excluding hydrogens is 679 g/mol. The minimum atomic E-state index is 0.883. The molecule has 0 saturated carbocycles. The summed E-state index contributed by atoms with van der Waals surface area (Å²) in [6.45, 7) is 0. The van der Waals surface area contributed by atoms with Gasteiger partial charge >= 0.3 is 0 Å². The molecule has 1 aliphatic rings. The molecule has 0 N–H and O–H groups in total. The molecule has 0 spiro atoms. The summed E-state index contributed by atoms with van der Waals surface area (Å²) in [7, 11) is 0. The quantitative estimate of drug-likeness (QED) is 0.170. The van der Waals surface area contributed by atoms with E-state index in [1.54, 1.807) is 0 Å². The fraction of sp³-hybridized carbons (Fsp3) is 0. The van der Waals surface area contributed by atoms with Crippen molar-refractivity contribution in [2.45, 2.75) is 0 Å². The summed E-state index contributed by atoms with van der Waals surface area (Å²) in [6, 6.07) is 76.7. The predicted octanol–water partition coefficient (Wildman–Crippen LogP) is 15.4. The van der Waals surface area contributed by atoms with Gasteiger partial charge in [0.25, 0.3) is 0 Å². The maximum atomic E-state index is 6.42. The molecule has 262 valence electrons. The van der Waals surface area contributed by atoms with Crippen LogP contribution in [-0.4, -0.2) is 0 Å². The highest BCUT2D eigenvalue weighted by Gasteiger charge is 2.24. The molecule has 2 nitrogen and oxygen atoms in total. The molecular formula is C54H35NO. The average Bonchev–Trinajstić information content (AvgIpc) is 3.26. The van der Waals surface area contributed by atoms with Crippen LogP contribution in [0.2, 0.25) is 0 Å². The molecule has 1 heterocycles. The van der Waals surface area contributed by atoms with Crippen molar-refractivity contribution in [1.82, 2.24) is 0 Å². The molecule has 0 bridgehead atoms. The Morgan fingerprint density at radius 3 is 1.64 bits per heavy atom. The highest BCUT2D eigenvalue weighted by atomic mass is 16.5. The van der Waals surface area contributed by atoms with E-state index in [-0.39, 0.29) is 0 Å². The number of para-hydroxylation sites is 3. The smallest absolute Gasteiger partial charge is 0.135 e. The van der Waals surface area contributed by atoms with Crippen LogP contribution < -0.4 is 9.64 Å². The lowest BCUT2D eigenvalue weighted by Crippen LogP contribution is -2.12. The molecule has 2 heteroatoms. The van der Waals surface area contributed by atoms with E-state index in [4.69, 9.17) is 4.74 Å². The summed E-state index contributed by atoms with van der Waals surface area (Å²) in [4.78, 5) is 2.46. The Morgan fingerprint density at radius 2 is 0.839 bits per heavy atom. The average molecular weight is 714 g/mol. The first kappa shape index (κ1) is 32.0. The lowest BCUT2D eigenvalue weighted by Gasteiger charge is -2.31. The largest absolute Gasteiger partial charge is 0.456 e. The zero-order valence-corrected chi connectivity index (χ0v) is 30.6. The van der Waals surface area contributed by atoms with Crippen LogP contribution in [0, 0.1) is 0 Å². The summed E-state index contributed by atoms with van der Waals surface area (Å²) in [5.41, 5.74) is 12.6. The molecule has 0 saturated heterocycles. The van der Waals surface area contributed by atoms with E-state index in [2.05, 4.69) is 211 Å². The van der Waals surface area contributed by atoms with E-state index in [1.807, 2.05) is 6.07 Å². The Balaban J connectivity index is 1.18. The first-order valence-electron chi connectivity index (χ1n) is 19.2. The first-order valence-corrected chi connectivity index (χ1v) is 19.2. The highest BCUT2D eigenvalue weighted by Crippen LogP contribution is 2.51. The minimum Gasteiger partial charge on any atom is -0.456 e. The number of nitrogens with zero attached hydrogens (tertiary/aromatic N) is 1. The van der Waals surface area contributed by atoms with Gasteiger partial charge in [-0.2, -0.15) is 0 Å². The van der Waals surface area contributed by atoms with Crippen LogP contribution in [0.5, 0.6) is 11.5 Å². The molecule has 11 rings (SSSR count). The van der Waals surface area contributed by atoms with Crippen LogP contribution in [0.4, 0.5) is 17.1 Å². The first-order chi connectivity index (χ1) is 27.8. The molecule has 0 aliphatic carbocycles. The van der Waals surface area contributed by atoms with Crippen LogP contribution in [0.3, 0.4) is 0 Å². The summed E-state index contributed by atoms with van der Waals surface area (Å²) in [5.74, 6) is 1.78. The number of fused-ring (bicyclic) bond motifs is 4. The van der Waals surface area contributed by atoms with Gasteiger partial charge in [-0.3, -0.25) is 0 Å². The fourth-order valence-electron chi connectivity index (χ4n) is 8.71. The maximum Gasteiger partial charge on any atom is 0.135 e. The Labute approximate surface area is 326 Å². The van der Waals surface area contributed by atoms with Gasteiger partial charge in [0.15, 0.2) is 0 Å². The van der Waals surface area contributed by atoms with E-state index >= 15 is 0 Å². The number of hydrogen-bond acceptors (Lipinski definition) is 2. The van der Waals surface area contributed by atoms with E-state index in [0.29, 0.717) is 0 Å². The molecule has 0 amide bonds. The van der Waals surface area contributed by atoms with Gasteiger partial charge in [-0.05, 0) is 103 Å². The van der Waals surface area contributed by atoms with Gasteiger partial charge in [-0.1, -0.05) is 164 Å². The second kappa shape index (κ2) is 13.2. The Hall–Kier alpha value is -7.42. The van der Waals surface area contributed by atoms with Crippen molar-refractivity contribution in [1.29, 1.82) is 0 Å². The van der Waals surface area contributed by atoms with Crippen LogP contribution >= 0.6 is 0 Å². The topological polar surface area (TPSA) is 12.5 Å². The summed E-state index contributed by atoms with van der Waals surface area (Å²) in [6.07, 6.45) is 0. The van der Waals surface area contributed by atoms with Gasteiger partial charge in [0.2, 0.25) is 0 Å². The van der Waals surface area contributed by atoms with Gasteiger partial charge in [0.05, 0.1) is 11.4 Å². The van der Waals surface area contributed by atoms with Crippen molar-refractivity contribution >= 4 is 49.4 Å². The van der Waals surface area contributed by atoms with E-state index in [1.165, 1.54) is 49.4 Å². The third-order valence-electron chi connectivity index (χ3n) is 11.2. The van der Waals surface area contributed by atoms with Crippen LogP contribution in [0.15, 0.2) is 212 Å². The summed E-state index contributed by atoms with van der Waals surface area (Å²) >= 11 is 0. The van der Waals surface area contributed by atoms with Crippen molar-refractivity contribution in [3.05, 3.63) is 212 Å². The third kappa shape index (κ3) is 5.26. The van der Waals surface area contributed by atoms with Gasteiger partial charge in [-0.25, -0.2) is 0 Å². The van der Waals surface area contributed by atoms with Crippen LogP contribution in [0.25, 0.3) is 76.8 Å². The van der Waals surface area contributed by atoms with Gasteiger partial charge in [0, 0.05) is 27.8 Å². The van der Waals surface area contributed by atoms with Crippen molar-refractivity contribution in [3.8, 4) is 56.0 Å². The van der Waals surface area contributed by atoms with Crippen LogP contribution in [0.1, 0.15) is 0 Å². The Kier molecular flexibility index (Phi) is 7.53. The van der Waals surface area contributed by atoms with Crippen molar-refractivity contribution in [3.63, 3.8) is 0 Å². The molecule has 0 aromatic heterocycles. The summed E-state index contributed by atoms with van der Waals surface area (Å²) < 4.78 is 6.42. The monoisotopic (exact) mass is 713 g/mol.